The summed E-state index contributed by atoms with van der Waals surface area (Å²) < 4.78 is 10.2. The van der Waals surface area contributed by atoms with Gasteiger partial charge in [0.1, 0.15) is 5.75 Å². The van der Waals surface area contributed by atoms with Gasteiger partial charge in [-0.1, -0.05) is 42.0 Å². The third-order valence-corrected chi connectivity index (χ3v) is 5.35. The Morgan fingerprint density at radius 1 is 1.07 bits per heavy atom. The molecular weight excluding hydrogens is 402 g/mol. The summed E-state index contributed by atoms with van der Waals surface area (Å²) in [5.74, 6) is -0.453. The number of ether oxygens (including phenoxy) is 1. The number of hydrogen-bond donors (Lipinski definition) is 0. The Kier molecular flexibility index (Phi) is 5.54. The number of rotatable bonds is 5. The summed E-state index contributed by atoms with van der Waals surface area (Å²) in [5, 5.41) is -0.296. The van der Waals surface area contributed by atoms with Crippen molar-refractivity contribution in [1.82, 2.24) is 4.90 Å². The Balaban J connectivity index is 1.44. The third-order valence-electron chi connectivity index (χ3n) is 4.45. The molecule has 6 nitrogen and oxygen atoms in total. The molecule has 2 aromatic carbocycles. The topological polar surface area (TPSA) is 76.8 Å². The minimum atomic E-state index is -0.593. The number of thioether (sulfide) groups is 1. The molecule has 0 radical (unpaired) electrons. The van der Waals surface area contributed by atoms with Gasteiger partial charge in [0.05, 0.1) is 17.7 Å². The van der Waals surface area contributed by atoms with Crippen molar-refractivity contribution in [2.75, 3.05) is 0 Å². The Hall–Kier alpha value is -3.58. The number of benzene rings is 2. The first kappa shape index (κ1) is 19.7. The van der Waals surface area contributed by atoms with Gasteiger partial charge in [-0.05, 0) is 60.2 Å². The van der Waals surface area contributed by atoms with E-state index in [1.165, 1.54) is 17.2 Å². The molecule has 150 valence electrons. The SMILES string of the molecule is Cc1ccc(CN2C(=O)S/C(=C\c3ccc(OC(=O)c4ccco4)cc3)C2=O)cc1. The molecule has 2 amide bonds. The van der Waals surface area contributed by atoms with Crippen LogP contribution in [0.2, 0.25) is 0 Å². The van der Waals surface area contributed by atoms with Gasteiger partial charge in [0.15, 0.2) is 0 Å². The fourth-order valence-corrected chi connectivity index (χ4v) is 3.69. The maximum absolute atomic E-state index is 12.7. The lowest BCUT2D eigenvalue weighted by molar-refractivity contribution is -0.123. The molecule has 0 saturated carbocycles. The van der Waals surface area contributed by atoms with E-state index in [-0.39, 0.29) is 23.5 Å². The fourth-order valence-electron chi connectivity index (χ4n) is 2.85. The van der Waals surface area contributed by atoms with E-state index in [0.717, 1.165) is 22.9 Å². The zero-order chi connectivity index (χ0) is 21.1. The highest BCUT2D eigenvalue weighted by molar-refractivity contribution is 8.18. The monoisotopic (exact) mass is 419 g/mol. The summed E-state index contributed by atoms with van der Waals surface area (Å²) in [4.78, 5) is 38.5. The van der Waals surface area contributed by atoms with Crippen LogP contribution >= 0.6 is 11.8 Å². The van der Waals surface area contributed by atoms with Gasteiger partial charge in [-0.2, -0.15) is 0 Å². The number of carbonyl (C=O) groups excluding carboxylic acids is 3. The molecule has 0 atom stereocenters. The van der Waals surface area contributed by atoms with Crippen LogP contribution in [0.3, 0.4) is 0 Å². The van der Waals surface area contributed by atoms with Crippen LogP contribution in [0.4, 0.5) is 4.79 Å². The van der Waals surface area contributed by atoms with Crippen molar-refractivity contribution in [2.24, 2.45) is 0 Å². The average Bonchev–Trinajstić information content (AvgIpc) is 3.36. The number of carbonyl (C=O) groups is 3. The minimum absolute atomic E-state index is 0.112. The summed E-state index contributed by atoms with van der Waals surface area (Å²) in [5.41, 5.74) is 2.73. The van der Waals surface area contributed by atoms with Crippen LogP contribution in [-0.4, -0.2) is 22.0 Å². The van der Waals surface area contributed by atoms with E-state index >= 15 is 0 Å². The molecule has 2 heterocycles. The molecule has 0 unspecified atom stereocenters. The second kappa shape index (κ2) is 8.42. The largest absolute Gasteiger partial charge is 0.457 e. The van der Waals surface area contributed by atoms with Crippen molar-refractivity contribution < 1.29 is 23.5 Å². The van der Waals surface area contributed by atoms with Crippen LogP contribution in [0, 0.1) is 6.92 Å². The van der Waals surface area contributed by atoms with Crippen molar-refractivity contribution >= 4 is 35.0 Å². The van der Waals surface area contributed by atoms with Gasteiger partial charge in [-0.25, -0.2) is 4.79 Å². The Bertz CT molecular complexity index is 1120. The van der Waals surface area contributed by atoms with Crippen LogP contribution in [0.5, 0.6) is 5.75 Å². The lowest BCUT2D eigenvalue weighted by Crippen LogP contribution is -2.27. The first-order valence-corrected chi connectivity index (χ1v) is 9.98. The first-order valence-electron chi connectivity index (χ1n) is 9.16. The normalized spacial score (nSPS) is 15.1. The predicted molar refractivity (Wildman–Crippen MR) is 113 cm³/mol. The van der Waals surface area contributed by atoms with Crippen LogP contribution in [0.1, 0.15) is 27.2 Å². The molecule has 1 saturated heterocycles. The summed E-state index contributed by atoms with van der Waals surface area (Å²) in [6.07, 6.45) is 3.05. The van der Waals surface area contributed by atoms with E-state index in [1.807, 2.05) is 31.2 Å². The second-order valence-corrected chi connectivity index (χ2v) is 7.68. The van der Waals surface area contributed by atoms with Crippen molar-refractivity contribution in [3.8, 4) is 5.75 Å². The Labute approximate surface area is 177 Å². The van der Waals surface area contributed by atoms with E-state index in [1.54, 1.807) is 36.4 Å². The molecule has 0 N–H and O–H groups in total. The second-order valence-electron chi connectivity index (χ2n) is 6.69. The molecule has 1 aliphatic rings. The van der Waals surface area contributed by atoms with Gasteiger partial charge in [0.2, 0.25) is 5.76 Å². The molecule has 1 fully saturated rings. The molecule has 0 spiro atoms. The maximum atomic E-state index is 12.7. The third kappa shape index (κ3) is 4.36. The molecule has 1 aromatic heterocycles. The number of hydrogen-bond acceptors (Lipinski definition) is 6. The Morgan fingerprint density at radius 3 is 2.47 bits per heavy atom. The zero-order valence-electron chi connectivity index (χ0n) is 16.0. The van der Waals surface area contributed by atoms with Gasteiger partial charge >= 0.3 is 5.97 Å². The van der Waals surface area contributed by atoms with Crippen molar-refractivity contribution in [3.05, 3.63) is 94.3 Å². The van der Waals surface area contributed by atoms with E-state index < -0.39 is 5.97 Å². The number of esters is 1. The van der Waals surface area contributed by atoms with Gasteiger partial charge in [-0.15, -0.1) is 0 Å². The molecule has 7 heteroatoms. The van der Waals surface area contributed by atoms with Crippen LogP contribution in [0.25, 0.3) is 6.08 Å². The highest BCUT2D eigenvalue weighted by Crippen LogP contribution is 2.33. The molecular formula is C23H17NO5S. The summed E-state index contributed by atoms with van der Waals surface area (Å²) in [7, 11) is 0. The zero-order valence-corrected chi connectivity index (χ0v) is 16.8. The van der Waals surface area contributed by atoms with Crippen molar-refractivity contribution in [3.63, 3.8) is 0 Å². The average molecular weight is 419 g/mol. The lowest BCUT2D eigenvalue weighted by Gasteiger charge is -2.12. The number of imide groups is 1. The van der Waals surface area contributed by atoms with Crippen LogP contribution in [-0.2, 0) is 11.3 Å². The summed E-state index contributed by atoms with van der Waals surface area (Å²) in [6.45, 7) is 2.22. The minimum Gasteiger partial charge on any atom is -0.457 e. The molecule has 1 aliphatic heterocycles. The summed E-state index contributed by atoms with van der Waals surface area (Å²) >= 11 is 0.913. The van der Waals surface area contributed by atoms with E-state index in [2.05, 4.69) is 0 Å². The molecule has 3 aromatic rings. The lowest BCUT2D eigenvalue weighted by atomic mass is 10.1. The van der Waals surface area contributed by atoms with Gasteiger partial charge in [0, 0.05) is 0 Å². The smallest absolute Gasteiger partial charge is 0.379 e. The van der Waals surface area contributed by atoms with Gasteiger partial charge in [0.25, 0.3) is 11.1 Å². The molecule has 4 rings (SSSR count). The van der Waals surface area contributed by atoms with Crippen LogP contribution in [0.15, 0.2) is 76.2 Å². The van der Waals surface area contributed by atoms with Crippen molar-refractivity contribution in [1.29, 1.82) is 0 Å². The van der Waals surface area contributed by atoms with Crippen LogP contribution < -0.4 is 4.74 Å². The predicted octanol–water partition coefficient (Wildman–Crippen LogP) is 5.04. The molecule has 0 aliphatic carbocycles. The van der Waals surface area contributed by atoms with Gasteiger partial charge < -0.3 is 9.15 Å². The number of nitrogens with zero attached hydrogens (tertiary/aromatic N) is 1. The highest BCUT2D eigenvalue weighted by atomic mass is 32.2. The number of furan rings is 1. The molecule has 0 bridgehead atoms. The number of amides is 2. The maximum Gasteiger partial charge on any atom is 0.379 e. The van der Waals surface area contributed by atoms with E-state index in [9.17, 15) is 14.4 Å². The van der Waals surface area contributed by atoms with E-state index in [0.29, 0.717) is 16.2 Å². The Morgan fingerprint density at radius 2 is 1.80 bits per heavy atom. The van der Waals surface area contributed by atoms with E-state index in [4.69, 9.17) is 9.15 Å². The summed E-state index contributed by atoms with van der Waals surface area (Å²) in [6, 6.07) is 17.5. The molecule has 30 heavy (non-hydrogen) atoms. The first-order chi connectivity index (χ1) is 14.5. The quantitative estimate of drug-likeness (QED) is 0.327. The fraction of sp³-hybridized carbons (Fsp3) is 0.0870. The number of aryl methyl sites for hydroxylation is 1. The standard InChI is InChI=1S/C23H17NO5S/c1-15-4-6-17(7-5-15)14-24-21(25)20(30-23(24)27)13-16-8-10-18(11-9-16)29-22(26)19-3-2-12-28-19/h2-13H,14H2,1H3/b20-13-. The van der Waals surface area contributed by atoms with Crippen molar-refractivity contribution in [2.45, 2.75) is 13.5 Å². The highest BCUT2D eigenvalue weighted by Gasteiger charge is 2.34. The van der Waals surface area contributed by atoms with Gasteiger partial charge in [-0.3, -0.25) is 14.5 Å².